The van der Waals surface area contributed by atoms with Gasteiger partial charge in [-0.25, -0.2) is 19.8 Å². The molecule has 8 nitrogen and oxygen atoms in total. The molecular weight excluding hydrogens is 336 g/mol. The number of fused-ring (bicyclic) bond motifs is 1. The van der Waals surface area contributed by atoms with Crippen LogP contribution in [0.25, 0.3) is 11.6 Å². The van der Waals surface area contributed by atoms with Crippen molar-refractivity contribution in [3.63, 3.8) is 0 Å². The van der Waals surface area contributed by atoms with E-state index in [1.807, 2.05) is 6.07 Å². The van der Waals surface area contributed by atoms with Gasteiger partial charge in [-0.2, -0.15) is 0 Å². The summed E-state index contributed by atoms with van der Waals surface area (Å²) < 4.78 is 10.9. The molecular formula is C18H20N4O4. The normalized spacial score (nSPS) is 14.3. The Morgan fingerprint density at radius 2 is 2.19 bits per heavy atom. The highest BCUT2D eigenvalue weighted by Crippen LogP contribution is 2.38. The number of hydrogen-bond acceptors (Lipinski definition) is 8. The van der Waals surface area contributed by atoms with Crippen LogP contribution in [-0.4, -0.2) is 47.5 Å². The van der Waals surface area contributed by atoms with Gasteiger partial charge < -0.3 is 14.3 Å². The highest BCUT2D eigenvalue weighted by atomic mass is 16.5. The van der Waals surface area contributed by atoms with Gasteiger partial charge in [0.15, 0.2) is 22.9 Å². The number of pyridine rings is 1. The van der Waals surface area contributed by atoms with E-state index in [0.717, 1.165) is 11.1 Å². The number of aliphatic imine (C=N–C) groups is 1. The van der Waals surface area contributed by atoms with Crippen molar-refractivity contribution in [2.45, 2.75) is 20.0 Å². The molecule has 0 saturated heterocycles. The predicted octanol–water partition coefficient (Wildman–Crippen LogP) is 3.09. The second-order valence-corrected chi connectivity index (χ2v) is 6.21. The summed E-state index contributed by atoms with van der Waals surface area (Å²) in [5.74, 6) is -0.138. The van der Waals surface area contributed by atoms with Gasteiger partial charge in [-0.1, -0.05) is 0 Å². The lowest BCUT2D eigenvalue weighted by Gasteiger charge is -2.12. The first-order valence-electron chi connectivity index (χ1n) is 8.08. The third-order valence-corrected chi connectivity index (χ3v) is 3.49. The minimum Gasteiger partial charge on any atom is -0.504 e. The number of nitrogens with one attached hydrogen (secondary N) is 1. The summed E-state index contributed by atoms with van der Waals surface area (Å²) in [5.41, 5.74) is 4.34. The topological polar surface area (TPSA) is 100 Å². The smallest absolute Gasteiger partial charge is 0.347 e. The van der Waals surface area contributed by atoms with Crippen LogP contribution in [-0.2, 0) is 4.74 Å². The van der Waals surface area contributed by atoms with Crippen LogP contribution in [0.4, 0.5) is 11.7 Å². The number of ether oxygens (including phenoxy) is 1. The van der Waals surface area contributed by atoms with Gasteiger partial charge in [-0.15, -0.1) is 0 Å². The summed E-state index contributed by atoms with van der Waals surface area (Å²) in [6, 6.07) is 3.67. The van der Waals surface area contributed by atoms with Crippen molar-refractivity contribution in [1.29, 1.82) is 0 Å². The van der Waals surface area contributed by atoms with Gasteiger partial charge in [-0.3, -0.25) is 5.43 Å². The number of aromatic hydroxyl groups is 1. The summed E-state index contributed by atoms with van der Waals surface area (Å²) in [4.78, 5) is 20.8. The number of carbonyl (C=O) groups excluding carboxylic acids is 1. The number of furan rings is 1. The van der Waals surface area contributed by atoms with E-state index in [4.69, 9.17) is 9.15 Å². The minimum atomic E-state index is -0.669. The number of nitrogens with zero attached hydrogens (tertiary/aromatic N) is 3. The Labute approximate surface area is 150 Å². The quantitative estimate of drug-likeness (QED) is 0.627. The number of hydrogen-bond donors (Lipinski definition) is 2. The van der Waals surface area contributed by atoms with E-state index in [1.54, 1.807) is 57.5 Å². The molecule has 0 aromatic carbocycles. The standard InChI is InChI=1S/C18H20N4O4/c1-10(2)25-18(24)14-15(23)13(26-17(14)21-22(3)4)8-11-9-20-16-12(11)6-5-7-19-16/h5-10,21,23H,1-4H3. The second kappa shape index (κ2) is 7.01. The van der Waals surface area contributed by atoms with E-state index >= 15 is 0 Å². The fourth-order valence-electron chi connectivity index (χ4n) is 2.46. The zero-order valence-corrected chi connectivity index (χ0v) is 15.0. The fraction of sp³-hybridized carbons (Fsp3) is 0.278. The van der Waals surface area contributed by atoms with Crippen molar-refractivity contribution in [3.05, 3.63) is 35.2 Å². The van der Waals surface area contributed by atoms with Crippen molar-refractivity contribution in [2.24, 2.45) is 4.99 Å². The maximum absolute atomic E-state index is 12.4. The van der Waals surface area contributed by atoms with Crippen LogP contribution < -0.4 is 5.43 Å². The van der Waals surface area contributed by atoms with Crippen LogP contribution in [0.15, 0.2) is 27.7 Å². The number of hydrazine groups is 1. The summed E-state index contributed by atoms with van der Waals surface area (Å²) in [6.07, 6.45) is 4.57. The highest BCUT2D eigenvalue weighted by molar-refractivity contribution is 6.21. The van der Waals surface area contributed by atoms with E-state index in [2.05, 4.69) is 15.4 Å². The Kier molecular flexibility index (Phi) is 4.77. The van der Waals surface area contributed by atoms with Crippen LogP contribution in [0.2, 0.25) is 0 Å². The average Bonchev–Trinajstić information content (AvgIpc) is 3.09. The summed E-state index contributed by atoms with van der Waals surface area (Å²) in [6.45, 7) is 3.46. The van der Waals surface area contributed by atoms with E-state index in [9.17, 15) is 9.90 Å². The van der Waals surface area contributed by atoms with Crippen LogP contribution >= 0.6 is 0 Å². The van der Waals surface area contributed by atoms with E-state index in [0.29, 0.717) is 5.82 Å². The Balaban J connectivity index is 2.04. The lowest BCUT2D eigenvalue weighted by atomic mass is 10.1. The van der Waals surface area contributed by atoms with Gasteiger partial charge in [0, 0.05) is 37.6 Å². The summed E-state index contributed by atoms with van der Waals surface area (Å²) >= 11 is 0. The molecule has 0 atom stereocenters. The molecule has 136 valence electrons. The minimum absolute atomic E-state index is 0.0550. The Morgan fingerprint density at radius 3 is 2.88 bits per heavy atom. The first-order chi connectivity index (χ1) is 12.4. The highest BCUT2D eigenvalue weighted by Gasteiger charge is 2.28. The number of carbonyl (C=O) groups is 1. The molecule has 0 saturated carbocycles. The van der Waals surface area contributed by atoms with Crippen molar-refractivity contribution in [3.8, 4) is 5.75 Å². The maximum atomic E-state index is 12.4. The number of allylic oxidation sites excluding steroid dienone is 1. The van der Waals surface area contributed by atoms with Crippen molar-refractivity contribution < 1.29 is 19.1 Å². The molecule has 2 N–H and O–H groups in total. The van der Waals surface area contributed by atoms with Gasteiger partial charge >= 0.3 is 5.97 Å². The molecule has 0 fully saturated rings. The molecule has 0 bridgehead atoms. The average molecular weight is 356 g/mol. The van der Waals surface area contributed by atoms with E-state index in [1.165, 1.54) is 0 Å². The Bertz CT molecular complexity index is 897. The third kappa shape index (κ3) is 3.45. The van der Waals surface area contributed by atoms with Crippen molar-refractivity contribution in [2.75, 3.05) is 19.5 Å². The van der Waals surface area contributed by atoms with Gasteiger partial charge in [0.05, 0.1) is 6.10 Å². The summed E-state index contributed by atoms with van der Waals surface area (Å²) in [7, 11) is 3.47. The summed E-state index contributed by atoms with van der Waals surface area (Å²) in [5, 5.41) is 12.2. The zero-order valence-electron chi connectivity index (χ0n) is 15.0. The van der Waals surface area contributed by atoms with Gasteiger partial charge in [0.1, 0.15) is 0 Å². The number of anilines is 1. The van der Waals surface area contributed by atoms with Crippen LogP contribution in [0.3, 0.4) is 0 Å². The molecule has 0 aliphatic carbocycles. The molecule has 0 spiro atoms. The predicted molar refractivity (Wildman–Crippen MR) is 98.5 cm³/mol. The van der Waals surface area contributed by atoms with Crippen LogP contribution in [0, 0.1) is 0 Å². The number of aromatic nitrogens is 1. The maximum Gasteiger partial charge on any atom is 0.347 e. The molecule has 3 rings (SSSR count). The molecule has 0 unspecified atom stereocenters. The zero-order chi connectivity index (χ0) is 18.8. The molecule has 8 heteroatoms. The Hall–Kier alpha value is -3.13. The van der Waals surface area contributed by atoms with E-state index < -0.39 is 5.97 Å². The SMILES string of the molecule is CC(C)OC(=O)c1c(NN(C)C)oc(C=C2C=Nc3ncccc32)c1O. The third-order valence-electron chi connectivity index (χ3n) is 3.49. The molecule has 1 aliphatic heterocycles. The van der Waals surface area contributed by atoms with E-state index in [-0.39, 0.29) is 29.1 Å². The first kappa shape index (κ1) is 17.7. The van der Waals surface area contributed by atoms with Crippen LogP contribution in [0.1, 0.15) is 35.5 Å². The lowest BCUT2D eigenvalue weighted by molar-refractivity contribution is 0.0375. The monoisotopic (exact) mass is 356 g/mol. The largest absolute Gasteiger partial charge is 0.504 e. The lowest BCUT2D eigenvalue weighted by Crippen LogP contribution is -2.21. The van der Waals surface area contributed by atoms with Crippen molar-refractivity contribution >= 4 is 35.5 Å². The second-order valence-electron chi connectivity index (χ2n) is 6.21. The van der Waals surface area contributed by atoms with Gasteiger partial charge in [0.25, 0.3) is 0 Å². The molecule has 0 amide bonds. The van der Waals surface area contributed by atoms with Crippen LogP contribution in [0.5, 0.6) is 5.75 Å². The molecule has 26 heavy (non-hydrogen) atoms. The first-order valence-corrected chi connectivity index (χ1v) is 8.08. The van der Waals surface area contributed by atoms with Crippen molar-refractivity contribution in [1.82, 2.24) is 9.99 Å². The fourth-order valence-corrected chi connectivity index (χ4v) is 2.46. The molecule has 3 heterocycles. The Morgan fingerprint density at radius 1 is 1.42 bits per heavy atom. The van der Waals surface area contributed by atoms with Gasteiger partial charge in [-0.05, 0) is 32.1 Å². The molecule has 2 aromatic rings. The molecule has 2 aromatic heterocycles. The number of rotatable bonds is 5. The molecule has 0 radical (unpaired) electrons. The molecule has 1 aliphatic rings. The van der Waals surface area contributed by atoms with Gasteiger partial charge in [0.2, 0.25) is 5.88 Å². The number of esters is 1.